The van der Waals surface area contributed by atoms with Gasteiger partial charge in [-0.2, -0.15) is 4.98 Å². The van der Waals surface area contributed by atoms with Crippen molar-refractivity contribution in [3.05, 3.63) is 70.9 Å². The topological polar surface area (TPSA) is 96.3 Å². The van der Waals surface area contributed by atoms with E-state index in [-0.39, 0.29) is 23.1 Å². The summed E-state index contributed by atoms with van der Waals surface area (Å²) in [6, 6.07) is 9.46. The lowest BCUT2D eigenvalue weighted by atomic mass is 9.42. The standard InChI is InChI=1S/C31H37N7O2/c1-4-26(39)37-18-31(19-37)16-36(17-31)25(13-30-10-21(11-30)12-30)23-8-6-22(7-9-23)20(3)34-28-32-14-24-15-33-29(40)38(5-2)27(24)35-28/h4,6-9,14-15,20-21,25H,1,5,10-13,16-19H2,2-3H3,(H,32,34,35)/t20-,21?,25?,30?/m0/s1. The van der Waals surface area contributed by atoms with E-state index in [9.17, 15) is 9.59 Å². The smallest absolute Gasteiger partial charge is 0.348 e. The molecule has 5 aliphatic rings. The fourth-order valence-corrected chi connectivity index (χ4v) is 7.67. The number of rotatable bonds is 9. The Kier molecular flexibility index (Phi) is 5.85. The molecule has 5 fully saturated rings. The average molecular weight is 540 g/mol. The maximum Gasteiger partial charge on any atom is 0.349 e. The Labute approximate surface area is 234 Å². The first-order valence-corrected chi connectivity index (χ1v) is 14.5. The predicted molar refractivity (Wildman–Crippen MR) is 154 cm³/mol. The molecule has 9 heteroatoms. The van der Waals surface area contributed by atoms with Crippen LogP contribution in [0, 0.1) is 16.7 Å². The lowest BCUT2D eigenvalue weighted by Gasteiger charge is -2.66. The minimum absolute atomic E-state index is 0.00170. The quantitative estimate of drug-likeness (QED) is 0.412. The molecule has 1 amide bonds. The summed E-state index contributed by atoms with van der Waals surface area (Å²) in [5, 5.41) is 4.16. The number of aromatic nitrogens is 4. The number of aryl methyl sites for hydroxylation is 1. The summed E-state index contributed by atoms with van der Waals surface area (Å²) in [7, 11) is 0. The monoisotopic (exact) mass is 539 g/mol. The average Bonchev–Trinajstić information content (AvgIpc) is 2.86. The molecule has 208 valence electrons. The summed E-state index contributed by atoms with van der Waals surface area (Å²) in [4.78, 5) is 41.7. The molecule has 3 aliphatic carbocycles. The van der Waals surface area contributed by atoms with Crippen LogP contribution in [0.2, 0.25) is 0 Å². The van der Waals surface area contributed by atoms with Gasteiger partial charge in [-0.25, -0.2) is 14.8 Å². The van der Waals surface area contributed by atoms with Crippen LogP contribution in [-0.4, -0.2) is 61.4 Å². The molecule has 2 aromatic heterocycles. The number of amides is 1. The number of hydrogen-bond donors (Lipinski definition) is 1. The van der Waals surface area contributed by atoms with Crippen LogP contribution in [0.3, 0.4) is 0 Å². The van der Waals surface area contributed by atoms with Crippen molar-refractivity contribution >= 4 is 22.9 Å². The summed E-state index contributed by atoms with van der Waals surface area (Å²) >= 11 is 0. The number of hydrogen-bond acceptors (Lipinski definition) is 7. The van der Waals surface area contributed by atoms with Gasteiger partial charge in [-0.3, -0.25) is 14.3 Å². The molecule has 2 aliphatic heterocycles. The lowest BCUT2D eigenvalue weighted by Crippen LogP contribution is -2.73. The van der Waals surface area contributed by atoms with Crippen molar-refractivity contribution < 1.29 is 4.79 Å². The second-order valence-corrected chi connectivity index (χ2v) is 12.8. The minimum atomic E-state index is -0.301. The Balaban J connectivity index is 1.05. The van der Waals surface area contributed by atoms with Gasteiger partial charge in [0.25, 0.3) is 0 Å². The number of carbonyl (C=O) groups excluding carboxylic acids is 1. The second kappa shape index (κ2) is 9.23. The SMILES string of the molecule is C=CC(=O)N1CC2(C1)CN(C(CC13CC(C1)C3)c1ccc([C@H](C)Nc3ncc4cnc(=O)n(CC)c4n3)cc1)C2. The first kappa shape index (κ1) is 25.4. The summed E-state index contributed by atoms with van der Waals surface area (Å²) in [6.45, 7) is 12.0. The van der Waals surface area contributed by atoms with E-state index in [4.69, 9.17) is 0 Å². The highest BCUT2D eigenvalue weighted by atomic mass is 16.2. The van der Waals surface area contributed by atoms with Crippen LogP contribution in [0.15, 0.2) is 54.1 Å². The number of benzene rings is 1. The summed E-state index contributed by atoms with van der Waals surface area (Å²) < 4.78 is 1.56. The van der Waals surface area contributed by atoms with Crippen molar-refractivity contribution in [1.29, 1.82) is 0 Å². The Bertz CT molecular complexity index is 1520. The molecule has 2 bridgehead atoms. The molecule has 9 nitrogen and oxygen atoms in total. The number of anilines is 1. The fourth-order valence-electron chi connectivity index (χ4n) is 7.67. The highest BCUT2D eigenvalue weighted by Crippen LogP contribution is 2.68. The molecule has 0 radical (unpaired) electrons. The molecule has 40 heavy (non-hydrogen) atoms. The van der Waals surface area contributed by atoms with Crippen LogP contribution >= 0.6 is 0 Å². The summed E-state index contributed by atoms with van der Waals surface area (Å²) in [5.41, 5.74) is 3.66. The molecule has 3 saturated carbocycles. The van der Waals surface area contributed by atoms with Crippen molar-refractivity contribution in [2.75, 3.05) is 31.5 Å². The number of likely N-dealkylation sites (tertiary alicyclic amines) is 2. The fraction of sp³-hybridized carbons (Fsp3) is 0.516. The van der Waals surface area contributed by atoms with Crippen molar-refractivity contribution in [1.82, 2.24) is 29.3 Å². The largest absolute Gasteiger partial charge is 0.349 e. The zero-order valence-corrected chi connectivity index (χ0v) is 23.3. The third kappa shape index (κ3) is 4.13. The van der Waals surface area contributed by atoms with E-state index in [1.807, 2.05) is 11.8 Å². The van der Waals surface area contributed by atoms with Gasteiger partial charge in [0.1, 0.15) is 0 Å². The Hall–Kier alpha value is -3.59. The Morgan fingerprint density at radius 2 is 1.77 bits per heavy atom. The highest BCUT2D eigenvalue weighted by Gasteiger charge is 2.59. The van der Waals surface area contributed by atoms with Crippen LogP contribution < -0.4 is 11.0 Å². The maximum absolute atomic E-state index is 12.2. The molecule has 2 saturated heterocycles. The van der Waals surface area contributed by atoms with Crippen molar-refractivity contribution in [3.8, 4) is 0 Å². The van der Waals surface area contributed by atoms with E-state index in [1.54, 1.807) is 10.8 Å². The number of nitrogens with zero attached hydrogens (tertiary/aromatic N) is 6. The molecule has 1 spiro atoms. The number of nitrogens with one attached hydrogen (secondary N) is 1. The van der Waals surface area contributed by atoms with Gasteiger partial charge in [0.15, 0.2) is 5.65 Å². The van der Waals surface area contributed by atoms with E-state index in [0.717, 1.165) is 43.0 Å². The van der Waals surface area contributed by atoms with Gasteiger partial charge >= 0.3 is 5.69 Å². The van der Waals surface area contributed by atoms with Crippen LogP contribution in [0.5, 0.6) is 0 Å². The molecule has 1 N–H and O–H groups in total. The normalized spacial score (nSPS) is 25.8. The zero-order chi connectivity index (χ0) is 27.6. The molecule has 2 atom stereocenters. The van der Waals surface area contributed by atoms with Crippen molar-refractivity contribution in [3.63, 3.8) is 0 Å². The zero-order valence-electron chi connectivity index (χ0n) is 23.3. The maximum atomic E-state index is 12.2. The van der Waals surface area contributed by atoms with Gasteiger partial charge in [-0.05, 0) is 68.1 Å². The molecule has 4 heterocycles. The molecular formula is C31H37N7O2. The first-order chi connectivity index (χ1) is 19.3. The number of fused-ring (bicyclic) bond motifs is 1. The predicted octanol–water partition coefficient (Wildman–Crippen LogP) is 3.94. The third-order valence-electron chi connectivity index (χ3n) is 9.93. The van der Waals surface area contributed by atoms with Crippen molar-refractivity contribution in [2.45, 2.75) is 58.2 Å². The van der Waals surface area contributed by atoms with Gasteiger partial charge in [-0.1, -0.05) is 30.8 Å². The molecule has 1 aromatic carbocycles. The second-order valence-electron chi connectivity index (χ2n) is 12.8. The molecule has 1 unspecified atom stereocenters. The van der Waals surface area contributed by atoms with Gasteiger partial charge < -0.3 is 10.2 Å². The van der Waals surface area contributed by atoms with Crippen LogP contribution in [0.4, 0.5) is 5.95 Å². The van der Waals surface area contributed by atoms with Crippen LogP contribution in [-0.2, 0) is 11.3 Å². The van der Waals surface area contributed by atoms with E-state index in [1.165, 1.54) is 43.5 Å². The molecule has 8 rings (SSSR count). The van der Waals surface area contributed by atoms with E-state index in [0.29, 0.717) is 29.6 Å². The van der Waals surface area contributed by atoms with Crippen molar-refractivity contribution in [2.24, 2.45) is 16.7 Å². The van der Waals surface area contributed by atoms with Gasteiger partial charge in [0.05, 0.1) is 11.4 Å². The van der Waals surface area contributed by atoms with Crippen LogP contribution in [0.1, 0.15) is 62.7 Å². The van der Waals surface area contributed by atoms with Gasteiger partial charge in [0.2, 0.25) is 11.9 Å². The van der Waals surface area contributed by atoms with Gasteiger partial charge in [-0.15, -0.1) is 0 Å². The highest BCUT2D eigenvalue weighted by molar-refractivity contribution is 5.87. The Morgan fingerprint density at radius 3 is 2.40 bits per heavy atom. The van der Waals surface area contributed by atoms with Crippen LogP contribution in [0.25, 0.3) is 11.0 Å². The third-order valence-corrected chi connectivity index (χ3v) is 9.93. The summed E-state index contributed by atoms with van der Waals surface area (Å²) in [5.74, 6) is 1.52. The van der Waals surface area contributed by atoms with Gasteiger partial charge in [0, 0.05) is 56.6 Å². The van der Waals surface area contributed by atoms with E-state index >= 15 is 0 Å². The molecular weight excluding hydrogens is 502 g/mol. The Morgan fingerprint density at radius 1 is 1.10 bits per heavy atom. The first-order valence-electron chi connectivity index (χ1n) is 14.5. The number of carbonyl (C=O) groups is 1. The van der Waals surface area contributed by atoms with E-state index < -0.39 is 0 Å². The lowest BCUT2D eigenvalue weighted by molar-refractivity contribution is -0.172. The summed E-state index contributed by atoms with van der Waals surface area (Å²) in [6.07, 6.45) is 10.1. The van der Waals surface area contributed by atoms with E-state index in [2.05, 4.69) is 62.9 Å². The minimum Gasteiger partial charge on any atom is -0.348 e. The molecule has 3 aromatic rings.